The standard InChI is InChI=1S/C18H19FN2O3/c1-12-15(6-3-8-20-12)18(22)21-16-7-9-23-11-17(16)24-14-5-2-4-13(19)10-14/h2-6,8,10,16-17H,7,9,11H2,1H3,(H,21,22)/t16-,17-/m0/s1. The Morgan fingerprint density at radius 1 is 1.38 bits per heavy atom. The van der Waals surface area contributed by atoms with Gasteiger partial charge in [-0.2, -0.15) is 0 Å². The molecule has 0 unspecified atom stereocenters. The van der Waals surface area contributed by atoms with E-state index < -0.39 is 0 Å². The molecule has 1 amide bonds. The maximum absolute atomic E-state index is 13.3. The van der Waals surface area contributed by atoms with E-state index in [-0.39, 0.29) is 23.9 Å². The van der Waals surface area contributed by atoms with E-state index in [0.29, 0.717) is 36.6 Å². The molecule has 0 saturated carbocycles. The quantitative estimate of drug-likeness (QED) is 0.936. The Morgan fingerprint density at radius 2 is 2.25 bits per heavy atom. The van der Waals surface area contributed by atoms with E-state index in [0.717, 1.165) is 0 Å². The number of nitrogens with one attached hydrogen (secondary N) is 1. The minimum absolute atomic E-state index is 0.194. The molecule has 2 aromatic rings. The number of benzene rings is 1. The first kappa shape index (κ1) is 16.4. The number of nitrogens with zero attached hydrogens (tertiary/aromatic N) is 1. The molecule has 0 aliphatic carbocycles. The first-order valence-electron chi connectivity index (χ1n) is 7.86. The number of aromatic nitrogens is 1. The summed E-state index contributed by atoms with van der Waals surface area (Å²) in [6, 6.07) is 9.19. The van der Waals surface area contributed by atoms with Gasteiger partial charge in [0.2, 0.25) is 0 Å². The number of halogens is 1. The van der Waals surface area contributed by atoms with E-state index in [2.05, 4.69) is 10.3 Å². The van der Waals surface area contributed by atoms with Crippen molar-refractivity contribution in [1.82, 2.24) is 10.3 Å². The van der Waals surface area contributed by atoms with Crippen LogP contribution in [0.1, 0.15) is 22.5 Å². The number of carbonyl (C=O) groups is 1. The highest BCUT2D eigenvalue weighted by molar-refractivity contribution is 5.95. The molecule has 126 valence electrons. The predicted octanol–water partition coefficient (Wildman–Crippen LogP) is 2.50. The van der Waals surface area contributed by atoms with Gasteiger partial charge in [0.05, 0.1) is 18.2 Å². The molecule has 2 heterocycles. The van der Waals surface area contributed by atoms with Crippen molar-refractivity contribution in [3.63, 3.8) is 0 Å². The maximum atomic E-state index is 13.3. The van der Waals surface area contributed by atoms with Crippen LogP contribution >= 0.6 is 0 Å². The van der Waals surface area contributed by atoms with Crippen molar-refractivity contribution >= 4 is 5.91 Å². The molecular weight excluding hydrogens is 311 g/mol. The Kier molecular flexibility index (Phi) is 5.05. The van der Waals surface area contributed by atoms with Crippen LogP contribution in [0.25, 0.3) is 0 Å². The molecule has 1 aromatic heterocycles. The van der Waals surface area contributed by atoms with E-state index in [4.69, 9.17) is 9.47 Å². The average Bonchev–Trinajstić information content (AvgIpc) is 2.57. The van der Waals surface area contributed by atoms with Crippen LogP contribution in [0.15, 0.2) is 42.6 Å². The number of hydrogen-bond donors (Lipinski definition) is 1. The lowest BCUT2D eigenvalue weighted by atomic mass is 10.0. The highest BCUT2D eigenvalue weighted by Crippen LogP contribution is 2.19. The van der Waals surface area contributed by atoms with Gasteiger partial charge in [-0.25, -0.2) is 4.39 Å². The number of rotatable bonds is 4. The topological polar surface area (TPSA) is 60.5 Å². The number of aryl methyl sites for hydroxylation is 1. The Hall–Kier alpha value is -2.47. The fourth-order valence-corrected chi connectivity index (χ4v) is 2.68. The molecule has 1 aliphatic rings. The van der Waals surface area contributed by atoms with Crippen LogP contribution in [0.5, 0.6) is 5.75 Å². The fourth-order valence-electron chi connectivity index (χ4n) is 2.68. The SMILES string of the molecule is Cc1ncccc1C(=O)N[C@H]1CCOC[C@@H]1Oc1cccc(F)c1. The highest BCUT2D eigenvalue weighted by Gasteiger charge is 2.29. The summed E-state index contributed by atoms with van der Waals surface area (Å²) >= 11 is 0. The van der Waals surface area contributed by atoms with E-state index in [1.807, 2.05) is 0 Å². The number of pyridine rings is 1. The molecule has 0 bridgehead atoms. The molecule has 1 aliphatic heterocycles. The molecule has 2 atom stereocenters. The van der Waals surface area contributed by atoms with Crippen LogP contribution in [0, 0.1) is 12.7 Å². The van der Waals surface area contributed by atoms with Gasteiger partial charge in [-0.05, 0) is 37.6 Å². The molecule has 3 rings (SSSR count). The summed E-state index contributed by atoms with van der Waals surface area (Å²) in [6.45, 7) is 2.67. The van der Waals surface area contributed by atoms with E-state index in [1.54, 1.807) is 37.4 Å². The van der Waals surface area contributed by atoms with Crippen molar-refractivity contribution < 1.29 is 18.7 Å². The lowest BCUT2D eigenvalue weighted by Gasteiger charge is -2.32. The second-order valence-corrected chi connectivity index (χ2v) is 5.69. The summed E-state index contributed by atoms with van der Waals surface area (Å²) < 4.78 is 24.6. The molecule has 24 heavy (non-hydrogen) atoms. The molecule has 5 nitrogen and oxygen atoms in total. The minimum Gasteiger partial charge on any atom is -0.486 e. The first-order valence-corrected chi connectivity index (χ1v) is 7.86. The maximum Gasteiger partial charge on any atom is 0.253 e. The Morgan fingerprint density at radius 3 is 3.04 bits per heavy atom. The van der Waals surface area contributed by atoms with Crippen molar-refractivity contribution in [3.05, 3.63) is 59.7 Å². The molecule has 1 N–H and O–H groups in total. The normalized spacial score (nSPS) is 20.4. The van der Waals surface area contributed by atoms with E-state index in [9.17, 15) is 9.18 Å². The second-order valence-electron chi connectivity index (χ2n) is 5.69. The van der Waals surface area contributed by atoms with Crippen LogP contribution in [0.3, 0.4) is 0 Å². The summed E-state index contributed by atoms with van der Waals surface area (Å²) in [5.74, 6) is -0.140. The van der Waals surface area contributed by atoms with Crippen LogP contribution in [0.2, 0.25) is 0 Å². The van der Waals surface area contributed by atoms with E-state index >= 15 is 0 Å². The van der Waals surface area contributed by atoms with Gasteiger partial charge in [0.1, 0.15) is 17.7 Å². The third-order valence-electron chi connectivity index (χ3n) is 3.96. The molecule has 0 radical (unpaired) electrons. The molecule has 1 saturated heterocycles. The average molecular weight is 330 g/mol. The summed E-state index contributed by atoms with van der Waals surface area (Å²) in [5, 5.41) is 2.98. The molecule has 1 fully saturated rings. The second kappa shape index (κ2) is 7.40. The van der Waals surface area contributed by atoms with Crippen molar-refractivity contribution in [2.45, 2.75) is 25.5 Å². The first-order chi connectivity index (χ1) is 11.6. The Balaban J connectivity index is 1.70. The van der Waals surface area contributed by atoms with Gasteiger partial charge < -0.3 is 14.8 Å². The largest absolute Gasteiger partial charge is 0.486 e. The Bertz CT molecular complexity index is 723. The number of ether oxygens (including phenoxy) is 2. The monoisotopic (exact) mass is 330 g/mol. The zero-order valence-corrected chi connectivity index (χ0v) is 13.4. The van der Waals surface area contributed by atoms with Gasteiger partial charge in [-0.3, -0.25) is 9.78 Å². The fraction of sp³-hybridized carbons (Fsp3) is 0.333. The number of carbonyl (C=O) groups excluding carboxylic acids is 1. The highest BCUT2D eigenvalue weighted by atomic mass is 19.1. The van der Waals surface area contributed by atoms with Gasteiger partial charge >= 0.3 is 0 Å². The van der Waals surface area contributed by atoms with Gasteiger partial charge in [-0.15, -0.1) is 0 Å². The van der Waals surface area contributed by atoms with E-state index in [1.165, 1.54) is 12.1 Å². The smallest absolute Gasteiger partial charge is 0.253 e. The van der Waals surface area contributed by atoms with Crippen LogP contribution in [-0.4, -0.2) is 36.3 Å². The summed E-state index contributed by atoms with van der Waals surface area (Å²) in [6.07, 6.45) is 1.91. The summed E-state index contributed by atoms with van der Waals surface area (Å²) in [5.41, 5.74) is 1.21. The van der Waals surface area contributed by atoms with Crippen molar-refractivity contribution in [2.24, 2.45) is 0 Å². The van der Waals surface area contributed by atoms with Crippen molar-refractivity contribution in [3.8, 4) is 5.75 Å². The van der Waals surface area contributed by atoms with Gasteiger partial charge in [0, 0.05) is 24.6 Å². The molecule has 0 spiro atoms. The summed E-state index contributed by atoms with van der Waals surface area (Å²) in [7, 11) is 0. The minimum atomic E-state index is -0.374. The third kappa shape index (κ3) is 3.89. The zero-order valence-electron chi connectivity index (χ0n) is 13.4. The van der Waals surface area contributed by atoms with Crippen molar-refractivity contribution in [2.75, 3.05) is 13.2 Å². The lowest BCUT2D eigenvalue weighted by Crippen LogP contribution is -2.51. The zero-order chi connectivity index (χ0) is 16.9. The van der Waals surface area contributed by atoms with Gasteiger partial charge in [-0.1, -0.05) is 6.07 Å². The van der Waals surface area contributed by atoms with Gasteiger partial charge in [0.25, 0.3) is 5.91 Å². The number of amides is 1. The van der Waals surface area contributed by atoms with Crippen LogP contribution < -0.4 is 10.1 Å². The molecular formula is C18H19FN2O3. The molecule has 1 aromatic carbocycles. The lowest BCUT2D eigenvalue weighted by molar-refractivity contribution is -0.0136. The van der Waals surface area contributed by atoms with Gasteiger partial charge in [0.15, 0.2) is 0 Å². The van der Waals surface area contributed by atoms with Crippen LogP contribution in [0.4, 0.5) is 4.39 Å². The molecule has 6 heteroatoms. The number of hydrogen-bond acceptors (Lipinski definition) is 4. The predicted molar refractivity (Wildman–Crippen MR) is 86.5 cm³/mol. The Labute approximate surface area is 139 Å². The van der Waals surface area contributed by atoms with Crippen LogP contribution in [-0.2, 0) is 4.74 Å². The summed E-state index contributed by atoms with van der Waals surface area (Å²) in [4.78, 5) is 16.6. The van der Waals surface area contributed by atoms with Crippen molar-refractivity contribution in [1.29, 1.82) is 0 Å². The third-order valence-corrected chi connectivity index (χ3v) is 3.96.